The topological polar surface area (TPSA) is 104 Å². The van der Waals surface area contributed by atoms with Crippen molar-refractivity contribution in [1.82, 2.24) is 10.6 Å². The first-order chi connectivity index (χ1) is 10.4. The Hall–Kier alpha value is -1.40. The fourth-order valence-corrected chi connectivity index (χ4v) is 3.06. The van der Waals surface area contributed by atoms with E-state index in [0.717, 1.165) is 25.7 Å². The normalized spacial score (nSPS) is 25.0. The first-order valence-electron chi connectivity index (χ1n) is 8.11. The third kappa shape index (κ3) is 5.42. The van der Waals surface area contributed by atoms with Gasteiger partial charge in [0.1, 0.15) is 0 Å². The minimum atomic E-state index is -0.939. The highest BCUT2D eigenvalue weighted by Crippen LogP contribution is 2.20. The van der Waals surface area contributed by atoms with E-state index >= 15 is 0 Å². The number of nitrogens with one attached hydrogen (secondary N) is 2. The summed E-state index contributed by atoms with van der Waals surface area (Å²) in [7, 11) is 0. The predicted molar refractivity (Wildman–Crippen MR) is 86.4 cm³/mol. The van der Waals surface area contributed by atoms with Gasteiger partial charge in [-0.2, -0.15) is 0 Å². The van der Waals surface area contributed by atoms with Crippen molar-refractivity contribution in [3.63, 3.8) is 0 Å². The summed E-state index contributed by atoms with van der Waals surface area (Å²) >= 11 is 0. The number of carbonyl (C=O) groups excluding carboxylic acids is 1. The molecule has 1 amide bonds. The van der Waals surface area contributed by atoms with Crippen molar-refractivity contribution in [1.29, 1.82) is 0 Å². The zero-order valence-electron chi connectivity index (χ0n) is 13.8. The highest BCUT2D eigenvalue weighted by molar-refractivity contribution is 5.87. The molecule has 0 heterocycles. The number of rotatable bonds is 8. The first kappa shape index (κ1) is 18.6. The molecule has 1 aliphatic carbocycles. The Balaban J connectivity index is 2.95. The summed E-state index contributed by atoms with van der Waals surface area (Å²) in [5, 5.41) is 15.6. The Kier molecular flexibility index (Phi) is 7.55. The van der Waals surface area contributed by atoms with Crippen molar-refractivity contribution in [3.8, 4) is 0 Å². The molecule has 0 radical (unpaired) electrons. The summed E-state index contributed by atoms with van der Waals surface area (Å²) in [5.41, 5.74) is 6.43. The fraction of sp³-hybridized carbons (Fsp3) is 0.750. The average molecular weight is 311 g/mol. The molecule has 0 fully saturated rings. The van der Waals surface area contributed by atoms with Gasteiger partial charge < -0.3 is 21.5 Å². The summed E-state index contributed by atoms with van der Waals surface area (Å²) in [4.78, 5) is 22.7. The van der Waals surface area contributed by atoms with Crippen LogP contribution < -0.4 is 16.4 Å². The number of carboxylic acids is 1. The van der Waals surface area contributed by atoms with Gasteiger partial charge >= 0.3 is 5.97 Å². The molecule has 0 aromatic rings. The van der Waals surface area contributed by atoms with Gasteiger partial charge in [0.05, 0.1) is 6.04 Å². The van der Waals surface area contributed by atoms with Crippen LogP contribution >= 0.6 is 0 Å². The Morgan fingerprint density at radius 2 is 1.95 bits per heavy atom. The predicted octanol–water partition coefficient (Wildman–Crippen LogP) is 1.16. The number of amides is 1. The lowest BCUT2D eigenvalue weighted by atomic mass is 9.86. The summed E-state index contributed by atoms with van der Waals surface area (Å²) in [6.45, 7) is 5.71. The molecule has 5 N–H and O–H groups in total. The molecule has 3 atom stereocenters. The largest absolute Gasteiger partial charge is 0.478 e. The van der Waals surface area contributed by atoms with Crippen molar-refractivity contribution < 1.29 is 14.7 Å². The maximum Gasteiger partial charge on any atom is 0.331 e. The number of carboxylic acid groups (broad SMARTS) is 1. The zero-order valence-corrected chi connectivity index (χ0v) is 13.8. The Bertz CT molecular complexity index is 417. The molecule has 22 heavy (non-hydrogen) atoms. The van der Waals surface area contributed by atoms with E-state index in [2.05, 4.69) is 24.5 Å². The van der Waals surface area contributed by atoms with Gasteiger partial charge in [-0.1, -0.05) is 32.8 Å². The van der Waals surface area contributed by atoms with Crippen molar-refractivity contribution in [2.24, 2.45) is 5.73 Å². The van der Waals surface area contributed by atoms with Gasteiger partial charge in [0.15, 0.2) is 0 Å². The van der Waals surface area contributed by atoms with Gasteiger partial charge in [0, 0.05) is 30.6 Å². The molecule has 1 aliphatic rings. The second kappa shape index (κ2) is 8.90. The highest BCUT2D eigenvalue weighted by atomic mass is 16.4. The van der Waals surface area contributed by atoms with Crippen molar-refractivity contribution in [2.45, 2.75) is 77.0 Å². The number of carbonyl (C=O) groups is 2. The van der Waals surface area contributed by atoms with E-state index in [-0.39, 0.29) is 24.4 Å². The molecule has 0 aromatic heterocycles. The van der Waals surface area contributed by atoms with Gasteiger partial charge in [-0.05, 0) is 19.3 Å². The third-order valence-electron chi connectivity index (χ3n) is 4.03. The van der Waals surface area contributed by atoms with E-state index in [1.807, 2.05) is 0 Å². The molecule has 0 aromatic carbocycles. The van der Waals surface area contributed by atoms with Gasteiger partial charge in [-0.25, -0.2) is 4.79 Å². The van der Waals surface area contributed by atoms with E-state index in [1.54, 1.807) is 6.08 Å². The molecule has 0 bridgehead atoms. The quantitative estimate of drug-likeness (QED) is 0.538. The molecule has 0 unspecified atom stereocenters. The minimum Gasteiger partial charge on any atom is -0.478 e. The molecule has 1 rings (SSSR count). The van der Waals surface area contributed by atoms with Crippen LogP contribution in [0.25, 0.3) is 0 Å². The molecular weight excluding hydrogens is 282 g/mol. The second-order valence-electron chi connectivity index (χ2n) is 6.06. The monoisotopic (exact) mass is 311 g/mol. The number of nitrogens with two attached hydrogens (primary N) is 1. The molecule has 0 aliphatic heterocycles. The maximum atomic E-state index is 11.4. The summed E-state index contributed by atoms with van der Waals surface area (Å²) in [5.74, 6) is -1.09. The van der Waals surface area contributed by atoms with Crippen LogP contribution in [0, 0.1) is 0 Å². The smallest absolute Gasteiger partial charge is 0.331 e. The summed E-state index contributed by atoms with van der Waals surface area (Å²) in [6, 6.07) is -0.632. The molecule has 0 spiro atoms. The van der Waals surface area contributed by atoms with Crippen LogP contribution in [-0.4, -0.2) is 41.2 Å². The second-order valence-corrected chi connectivity index (χ2v) is 6.06. The van der Waals surface area contributed by atoms with E-state index in [9.17, 15) is 14.7 Å². The molecule has 0 saturated carbocycles. The standard InChI is InChI=1S/C16H29N3O3/c1-4-6-12(7-5-2)19-14-9-11(16(21)22)8-13(17)15(14)18-10(3)20/h9,12-15,19H,4-8,17H2,1-3H3,(H,18,20)(H,21,22)/t13-,14+,15+/m1/s1. The molecule has 6 nitrogen and oxygen atoms in total. The van der Waals surface area contributed by atoms with Gasteiger partial charge in [0.25, 0.3) is 0 Å². The number of aliphatic carboxylic acids is 1. The summed E-state index contributed by atoms with van der Waals surface area (Å²) in [6.07, 6.45) is 6.12. The van der Waals surface area contributed by atoms with Crippen LogP contribution in [0.3, 0.4) is 0 Å². The zero-order chi connectivity index (χ0) is 16.7. The molecular formula is C16H29N3O3. The number of hydrogen-bond acceptors (Lipinski definition) is 4. The lowest BCUT2D eigenvalue weighted by Crippen LogP contribution is -2.61. The van der Waals surface area contributed by atoms with Crippen LogP contribution in [0.2, 0.25) is 0 Å². The van der Waals surface area contributed by atoms with E-state index < -0.39 is 12.0 Å². The van der Waals surface area contributed by atoms with E-state index in [0.29, 0.717) is 11.6 Å². The Morgan fingerprint density at radius 3 is 2.41 bits per heavy atom. The van der Waals surface area contributed by atoms with Crippen LogP contribution in [0.5, 0.6) is 0 Å². The van der Waals surface area contributed by atoms with E-state index in [1.165, 1.54) is 6.92 Å². The first-order valence-corrected chi connectivity index (χ1v) is 8.11. The van der Waals surface area contributed by atoms with Gasteiger partial charge in [-0.15, -0.1) is 0 Å². The average Bonchev–Trinajstić information content (AvgIpc) is 2.42. The third-order valence-corrected chi connectivity index (χ3v) is 4.03. The number of hydrogen-bond donors (Lipinski definition) is 4. The Labute approximate surface area is 132 Å². The van der Waals surface area contributed by atoms with Gasteiger partial charge in [-0.3, -0.25) is 4.79 Å². The van der Waals surface area contributed by atoms with Crippen molar-refractivity contribution >= 4 is 11.9 Å². The minimum absolute atomic E-state index is 0.151. The summed E-state index contributed by atoms with van der Waals surface area (Å²) < 4.78 is 0. The van der Waals surface area contributed by atoms with Crippen molar-refractivity contribution in [3.05, 3.63) is 11.6 Å². The van der Waals surface area contributed by atoms with E-state index in [4.69, 9.17) is 5.73 Å². The van der Waals surface area contributed by atoms with Crippen LogP contribution in [0.1, 0.15) is 52.9 Å². The Morgan fingerprint density at radius 1 is 1.36 bits per heavy atom. The van der Waals surface area contributed by atoms with Crippen LogP contribution in [-0.2, 0) is 9.59 Å². The van der Waals surface area contributed by atoms with Gasteiger partial charge in [0.2, 0.25) is 5.91 Å². The van der Waals surface area contributed by atoms with Crippen LogP contribution in [0.15, 0.2) is 11.6 Å². The highest BCUT2D eigenvalue weighted by Gasteiger charge is 2.34. The maximum absolute atomic E-state index is 11.4. The molecule has 126 valence electrons. The lowest BCUT2D eigenvalue weighted by Gasteiger charge is -2.37. The SMILES string of the molecule is CCCC(CCC)N[C@H]1C=C(C(=O)O)C[C@@H](N)[C@@H]1NC(C)=O. The fourth-order valence-electron chi connectivity index (χ4n) is 3.06. The molecule has 6 heteroatoms. The molecule has 0 saturated heterocycles. The van der Waals surface area contributed by atoms with Crippen molar-refractivity contribution in [2.75, 3.05) is 0 Å². The lowest BCUT2D eigenvalue weighted by molar-refractivity contribution is -0.133. The van der Waals surface area contributed by atoms with Crippen LogP contribution in [0.4, 0.5) is 0 Å².